The van der Waals surface area contributed by atoms with Crippen LogP contribution in [0.1, 0.15) is 39.8 Å². The molecule has 1 aliphatic carbocycles. The van der Waals surface area contributed by atoms with Gasteiger partial charge in [-0.25, -0.2) is 0 Å². The van der Waals surface area contributed by atoms with E-state index in [2.05, 4.69) is 35.1 Å². The van der Waals surface area contributed by atoms with Crippen molar-refractivity contribution in [2.45, 2.75) is 38.8 Å². The summed E-state index contributed by atoms with van der Waals surface area (Å²) in [6, 6.07) is 5.09. The number of aryl methyl sites for hydroxylation is 2. The highest BCUT2D eigenvalue weighted by Crippen LogP contribution is 2.33. The van der Waals surface area contributed by atoms with Gasteiger partial charge in [-0.2, -0.15) is 0 Å². The van der Waals surface area contributed by atoms with Crippen molar-refractivity contribution < 1.29 is 0 Å². The summed E-state index contributed by atoms with van der Waals surface area (Å²) >= 11 is 3.78. The molecule has 3 heteroatoms. The molecular formula is C14H17NS2. The molecule has 0 aliphatic heterocycles. The Morgan fingerprint density at radius 1 is 1.29 bits per heavy atom. The van der Waals surface area contributed by atoms with E-state index in [0.29, 0.717) is 6.04 Å². The van der Waals surface area contributed by atoms with Gasteiger partial charge in [0.15, 0.2) is 0 Å². The number of thiophene rings is 2. The predicted molar refractivity (Wildman–Crippen MR) is 75.9 cm³/mol. The molecule has 1 nitrogen and oxygen atoms in total. The first-order valence-electron chi connectivity index (χ1n) is 6.17. The molecule has 0 fully saturated rings. The first kappa shape index (κ1) is 11.5. The average Bonchev–Trinajstić information content (AvgIpc) is 2.95. The van der Waals surface area contributed by atoms with Gasteiger partial charge in [0.2, 0.25) is 0 Å². The van der Waals surface area contributed by atoms with Crippen molar-refractivity contribution >= 4 is 22.7 Å². The molecule has 0 saturated carbocycles. The summed E-state index contributed by atoms with van der Waals surface area (Å²) in [6.07, 6.45) is 3.89. The fourth-order valence-electron chi connectivity index (χ4n) is 2.50. The lowest BCUT2D eigenvalue weighted by Gasteiger charge is -2.23. The summed E-state index contributed by atoms with van der Waals surface area (Å²) in [5.74, 6) is 0. The Bertz CT molecular complexity index is 498. The quantitative estimate of drug-likeness (QED) is 0.871. The topological polar surface area (TPSA) is 12.0 Å². The first-order chi connectivity index (χ1) is 8.34. The van der Waals surface area contributed by atoms with Gasteiger partial charge in [-0.3, -0.25) is 0 Å². The van der Waals surface area contributed by atoms with Crippen LogP contribution in [0.15, 0.2) is 22.9 Å². The van der Waals surface area contributed by atoms with E-state index in [1.807, 2.05) is 22.7 Å². The third kappa shape index (κ3) is 2.32. The Kier molecular flexibility index (Phi) is 3.32. The molecule has 1 unspecified atom stereocenters. The van der Waals surface area contributed by atoms with Crippen molar-refractivity contribution in [2.24, 2.45) is 0 Å². The van der Waals surface area contributed by atoms with Crippen LogP contribution in [0.2, 0.25) is 0 Å². The average molecular weight is 263 g/mol. The molecule has 1 N–H and O–H groups in total. The van der Waals surface area contributed by atoms with Gasteiger partial charge in [0.1, 0.15) is 0 Å². The van der Waals surface area contributed by atoms with Crippen LogP contribution in [0, 0.1) is 6.92 Å². The van der Waals surface area contributed by atoms with E-state index in [-0.39, 0.29) is 0 Å². The molecule has 3 rings (SSSR count). The van der Waals surface area contributed by atoms with Crippen LogP contribution in [0.25, 0.3) is 0 Å². The molecular weight excluding hydrogens is 246 g/mol. The Morgan fingerprint density at radius 2 is 2.18 bits per heavy atom. The Morgan fingerprint density at radius 3 is 3.00 bits per heavy atom. The molecule has 2 aromatic rings. The van der Waals surface area contributed by atoms with E-state index < -0.39 is 0 Å². The summed E-state index contributed by atoms with van der Waals surface area (Å²) in [4.78, 5) is 3.07. The second-order valence-corrected chi connectivity index (χ2v) is 6.65. The largest absolute Gasteiger partial charge is 0.305 e. The van der Waals surface area contributed by atoms with E-state index in [0.717, 1.165) is 6.54 Å². The van der Waals surface area contributed by atoms with Crippen molar-refractivity contribution in [1.29, 1.82) is 0 Å². The zero-order valence-corrected chi connectivity index (χ0v) is 11.7. The highest BCUT2D eigenvalue weighted by atomic mass is 32.1. The minimum Gasteiger partial charge on any atom is -0.305 e. The van der Waals surface area contributed by atoms with Crippen molar-refractivity contribution in [3.63, 3.8) is 0 Å². The number of hydrogen-bond acceptors (Lipinski definition) is 3. The maximum atomic E-state index is 3.72. The third-order valence-electron chi connectivity index (χ3n) is 3.53. The fourth-order valence-corrected chi connectivity index (χ4v) is 4.34. The lowest BCUT2D eigenvalue weighted by Crippen LogP contribution is -2.23. The molecule has 0 bridgehead atoms. The van der Waals surface area contributed by atoms with Crippen molar-refractivity contribution in [1.82, 2.24) is 5.32 Å². The molecule has 0 saturated heterocycles. The number of rotatable bonds is 3. The van der Waals surface area contributed by atoms with Gasteiger partial charge in [0.05, 0.1) is 0 Å². The van der Waals surface area contributed by atoms with E-state index in [1.54, 1.807) is 10.4 Å². The van der Waals surface area contributed by atoms with E-state index in [1.165, 1.54) is 29.7 Å². The van der Waals surface area contributed by atoms with Gasteiger partial charge < -0.3 is 5.32 Å². The van der Waals surface area contributed by atoms with Crippen LogP contribution in [-0.2, 0) is 13.0 Å². The maximum absolute atomic E-state index is 3.72. The van der Waals surface area contributed by atoms with E-state index >= 15 is 0 Å². The third-order valence-corrected chi connectivity index (χ3v) is 5.55. The van der Waals surface area contributed by atoms with Gasteiger partial charge in [-0.1, -0.05) is 0 Å². The molecule has 0 radical (unpaired) electrons. The van der Waals surface area contributed by atoms with Crippen LogP contribution in [0.4, 0.5) is 0 Å². The SMILES string of the molecule is Cc1ccsc1CNC1CCCc2sccc21. The molecule has 2 aromatic heterocycles. The van der Waals surface area contributed by atoms with Crippen LogP contribution >= 0.6 is 22.7 Å². The lowest BCUT2D eigenvalue weighted by molar-refractivity contribution is 0.464. The highest BCUT2D eigenvalue weighted by molar-refractivity contribution is 7.10. The van der Waals surface area contributed by atoms with Crippen LogP contribution in [0.5, 0.6) is 0 Å². The van der Waals surface area contributed by atoms with Gasteiger partial charge >= 0.3 is 0 Å². The summed E-state index contributed by atoms with van der Waals surface area (Å²) in [7, 11) is 0. The van der Waals surface area contributed by atoms with Crippen LogP contribution < -0.4 is 5.32 Å². The molecule has 0 aromatic carbocycles. The van der Waals surface area contributed by atoms with Gasteiger partial charge in [0.25, 0.3) is 0 Å². The van der Waals surface area contributed by atoms with Gasteiger partial charge in [-0.15, -0.1) is 22.7 Å². The summed E-state index contributed by atoms with van der Waals surface area (Å²) in [5.41, 5.74) is 2.97. The second-order valence-electron chi connectivity index (χ2n) is 4.65. The molecule has 2 heterocycles. The number of nitrogens with one attached hydrogen (secondary N) is 1. The van der Waals surface area contributed by atoms with Gasteiger partial charge in [-0.05, 0) is 60.2 Å². The smallest absolute Gasteiger partial charge is 0.0334 e. The number of hydrogen-bond donors (Lipinski definition) is 1. The van der Waals surface area contributed by atoms with Crippen molar-refractivity contribution in [3.8, 4) is 0 Å². The molecule has 90 valence electrons. The van der Waals surface area contributed by atoms with E-state index in [9.17, 15) is 0 Å². The first-order valence-corrected chi connectivity index (χ1v) is 7.93. The lowest BCUT2D eigenvalue weighted by atomic mass is 9.94. The summed E-state index contributed by atoms with van der Waals surface area (Å²) in [5, 5.41) is 8.15. The molecule has 17 heavy (non-hydrogen) atoms. The standard InChI is InChI=1S/C14H17NS2/c1-10-5-7-17-14(10)9-15-12-3-2-4-13-11(12)6-8-16-13/h5-8,12,15H,2-4,9H2,1H3. The Hall–Kier alpha value is -0.640. The Balaban J connectivity index is 1.70. The van der Waals surface area contributed by atoms with Gasteiger partial charge in [0, 0.05) is 22.3 Å². The normalized spacial score (nSPS) is 19.2. The van der Waals surface area contributed by atoms with Crippen LogP contribution in [-0.4, -0.2) is 0 Å². The Labute approximate surface area is 111 Å². The monoisotopic (exact) mass is 263 g/mol. The highest BCUT2D eigenvalue weighted by Gasteiger charge is 2.20. The molecule has 1 aliphatic rings. The van der Waals surface area contributed by atoms with Crippen LogP contribution in [0.3, 0.4) is 0 Å². The van der Waals surface area contributed by atoms with Crippen molar-refractivity contribution in [3.05, 3.63) is 43.8 Å². The summed E-state index contributed by atoms with van der Waals surface area (Å²) in [6.45, 7) is 3.22. The predicted octanol–water partition coefficient (Wildman–Crippen LogP) is 4.29. The molecule has 0 spiro atoms. The molecule has 1 atom stereocenters. The number of fused-ring (bicyclic) bond motifs is 1. The summed E-state index contributed by atoms with van der Waals surface area (Å²) < 4.78 is 0. The zero-order valence-electron chi connectivity index (χ0n) is 10.0. The minimum absolute atomic E-state index is 0.575. The maximum Gasteiger partial charge on any atom is 0.0334 e. The second kappa shape index (κ2) is 4.92. The minimum atomic E-state index is 0.575. The van der Waals surface area contributed by atoms with Crippen molar-refractivity contribution in [2.75, 3.05) is 0 Å². The van der Waals surface area contributed by atoms with E-state index in [4.69, 9.17) is 0 Å². The fraction of sp³-hybridized carbons (Fsp3) is 0.429. The molecule has 0 amide bonds. The zero-order chi connectivity index (χ0) is 11.7.